The summed E-state index contributed by atoms with van der Waals surface area (Å²) in [6, 6.07) is 0. The molecule has 0 bridgehead atoms. The van der Waals surface area contributed by atoms with Crippen LogP contribution in [0.4, 0.5) is 0 Å². The minimum absolute atomic E-state index is 0.137. The Morgan fingerprint density at radius 1 is 0.938 bits per heavy atom. The van der Waals surface area contributed by atoms with Gasteiger partial charge in [0.1, 0.15) is 0 Å². The third kappa shape index (κ3) is 1.74. The van der Waals surface area contributed by atoms with Crippen molar-refractivity contribution in [2.24, 2.45) is 0 Å². The third-order valence-corrected chi connectivity index (χ3v) is 2.51. The highest BCUT2D eigenvalue weighted by molar-refractivity contribution is 6.28. The Balaban J connectivity index is 3.49. The fourth-order valence-electron chi connectivity index (χ4n) is 1.66. The highest BCUT2D eigenvalue weighted by Gasteiger charge is 2.27. The Bertz CT molecular complexity index is 471. The van der Waals surface area contributed by atoms with Crippen LogP contribution in [0.25, 0.3) is 0 Å². The molecule has 2 nitrogen and oxygen atoms in total. The number of allylic oxidation sites excluding steroid dienone is 8. The highest BCUT2D eigenvalue weighted by atomic mass is 16.1. The van der Waals surface area contributed by atoms with E-state index >= 15 is 0 Å². The van der Waals surface area contributed by atoms with E-state index in [4.69, 9.17) is 0 Å². The number of hydrogen-bond acceptors (Lipinski definition) is 2. The molecule has 82 valence electrons. The molecule has 1 aliphatic carbocycles. The van der Waals surface area contributed by atoms with E-state index in [0.717, 1.165) is 0 Å². The minimum Gasteiger partial charge on any atom is -0.289 e. The second kappa shape index (κ2) is 4.71. The molecule has 0 heterocycles. The predicted octanol–water partition coefficient (Wildman–Crippen LogP) is 2.70. The average Bonchev–Trinajstić information content (AvgIpc) is 2.27. The Hall–Kier alpha value is -1.96. The first-order valence-electron chi connectivity index (χ1n) is 5.00. The Morgan fingerprint density at radius 2 is 1.50 bits per heavy atom. The van der Waals surface area contributed by atoms with Crippen LogP contribution in [0.2, 0.25) is 0 Å². The molecule has 0 aromatic heterocycles. The lowest BCUT2D eigenvalue weighted by Gasteiger charge is -2.16. The lowest BCUT2D eigenvalue weighted by molar-refractivity contribution is -0.115. The van der Waals surface area contributed by atoms with E-state index in [0.29, 0.717) is 22.3 Å². The predicted molar refractivity (Wildman–Crippen MR) is 64.9 cm³/mol. The number of ketones is 2. The van der Waals surface area contributed by atoms with E-state index in [1.165, 1.54) is 12.2 Å². The Labute approximate surface area is 95.4 Å². The molecule has 0 aromatic carbocycles. The maximum absolute atomic E-state index is 12.0. The number of rotatable bonds is 3. The smallest absolute Gasteiger partial charge is 0.194 e. The van der Waals surface area contributed by atoms with Gasteiger partial charge in [0, 0.05) is 22.3 Å². The highest BCUT2D eigenvalue weighted by Crippen LogP contribution is 2.26. The van der Waals surface area contributed by atoms with Gasteiger partial charge in [0.15, 0.2) is 11.6 Å². The molecule has 0 unspecified atom stereocenters. The lowest BCUT2D eigenvalue weighted by atomic mass is 9.84. The fraction of sp³-hybridized carbons (Fsp3) is 0.143. The summed E-state index contributed by atoms with van der Waals surface area (Å²) in [7, 11) is 0. The molecule has 0 aromatic rings. The second-order valence-corrected chi connectivity index (χ2v) is 3.43. The molecular weight excluding hydrogens is 200 g/mol. The zero-order chi connectivity index (χ0) is 12.3. The van der Waals surface area contributed by atoms with Crippen LogP contribution in [0.1, 0.15) is 13.8 Å². The van der Waals surface area contributed by atoms with E-state index in [-0.39, 0.29) is 11.6 Å². The number of carbonyl (C=O) groups excluding carboxylic acids is 2. The van der Waals surface area contributed by atoms with Crippen LogP contribution in [0.3, 0.4) is 0 Å². The molecular formula is C14H14O2. The third-order valence-electron chi connectivity index (χ3n) is 2.51. The minimum atomic E-state index is -0.185. The molecule has 0 saturated heterocycles. The molecule has 1 aliphatic rings. The zero-order valence-corrected chi connectivity index (χ0v) is 9.54. The zero-order valence-electron chi connectivity index (χ0n) is 9.54. The van der Waals surface area contributed by atoms with E-state index in [9.17, 15) is 9.59 Å². The summed E-state index contributed by atoms with van der Waals surface area (Å²) < 4.78 is 0. The molecule has 0 spiro atoms. The van der Waals surface area contributed by atoms with Gasteiger partial charge in [-0.15, -0.1) is 0 Å². The van der Waals surface area contributed by atoms with Crippen molar-refractivity contribution in [3.8, 4) is 0 Å². The quantitative estimate of drug-likeness (QED) is 0.677. The molecule has 0 atom stereocenters. The maximum Gasteiger partial charge on any atom is 0.194 e. The topological polar surface area (TPSA) is 34.1 Å². The van der Waals surface area contributed by atoms with Gasteiger partial charge in [0.05, 0.1) is 0 Å². The van der Waals surface area contributed by atoms with E-state index in [1.54, 1.807) is 26.0 Å². The number of carbonyl (C=O) groups is 2. The van der Waals surface area contributed by atoms with Gasteiger partial charge >= 0.3 is 0 Å². The molecule has 0 radical (unpaired) electrons. The van der Waals surface area contributed by atoms with Crippen LogP contribution in [0, 0.1) is 0 Å². The van der Waals surface area contributed by atoms with Crippen LogP contribution >= 0.6 is 0 Å². The van der Waals surface area contributed by atoms with Gasteiger partial charge in [-0.1, -0.05) is 37.5 Å². The monoisotopic (exact) mass is 214 g/mol. The maximum atomic E-state index is 12.0. The van der Waals surface area contributed by atoms with Crippen LogP contribution < -0.4 is 0 Å². The van der Waals surface area contributed by atoms with Gasteiger partial charge in [0.2, 0.25) is 0 Å². The summed E-state index contributed by atoms with van der Waals surface area (Å²) in [5.41, 5.74) is 1.57. The summed E-state index contributed by atoms with van der Waals surface area (Å²) in [6.07, 6.45) is 6.22. The van der Waals surface area contributed by atoms with Gasteiger partial charge < -0.3 is 0 Å². The van der Waals surface area contributed by atoms with Crippen molar-refractivity contribution in [2.45, 2.75) is 13.8 Å². The van der Waals surface area contributed by atoms with Crippen molar-refractivity contribution in [1.82, 2.24) is 0 Å². The van der Waals surface area contributed by atoms with Crippen molar-refractivity contribution in [1.29, 1.82) is 0 Å². The molecule has 0 N–H and O–H groups in total. The van der Waals surface area contributed by atoms with Crippen molar-refractivity contribution in [3.63, 3.8) is 0 Å². The van der Waals surface area contributed by atoms with Gasteiger partial charge in [0.25, 0.3) is 0 Å². The van der Waals surface area contributed by atoms with Crippen LogP contribution in [-0.2, 0) is 9.59 Å². The number of Topliss-reactive ketones (excluding diaryl/α,β-unsaturated/α-hetero) is 2. The van der Waals surface area contributed by atoms with E-state index in [2.05, 4.69) is 13.2 Å². The van der Waals surface area contributed by atoms with E-state index < -0.39 is 0 Å². The average molecular weight is 214 g/mol. The first-order valence-corrected chi connectivity index (χ1v) is 5.00. The first-order chi connectivity index (χ1) is 7.58. The van der Waals surface area contributed by atoms with Gasteiger partial charge in [-0.05, 0) is 13.8 Å². The molecule has 16 heavy (non-hydrogen) atoms. The summed E-state index contributed by atoms with van der Waals surface area (Å²) in [6.45, 7) is 10.6. The second-order valence-electron chi connectivity index (χ2n) is 3.43. The molecule has 0 aliphatic heterocycles. The molecule has 0 saturated carbocycles. The van der Waals surface area contributed by atoms with E-state index in [1.807, 2.05) is 0 Å². The largest absolute Gasteiger partial charge is 0.289 e. The first kappa shape index (κ1) is 12.1. The normalized spacial score (nSPS) is 17.4. The van der Waals surface area contributed by atoms with Crippen molar-refractivity contribution in [3.05, 3.63) is 59.8 Å². The van der Waals surface area contributed by atoms with Gasteiger partial charge in [-0.25, -0.2) is 0 Å². The lowest BCUT2D eigenvalue weighted by Crippen LogP contribution is -2.20. The SMILES string of the molecule is C=CC1=C(C)C(=O)C(/C=C\C)=C(C=C)C1=O. The van der Waals surface area contributed by atoms with Crippen LogP contribution in [0.5, 0.6) is 0 Å². The summed E-state index contributed by atoms with van der Waals surface area (Å²) in [5, 5.41) is 0. The number of hydrogen-bond donors (Lipinski definition) is 0. The summed E-state index contributed by atoms with van der Waals surface area (Å²) in [5.74, 6) is -0.322. The summed E-state index contributed by atoms with van der Waals surface area (Å²) in [4.78, 5) is 24.0. The standard InChI is InChI=1S/C14H14O2/c1-5-8-12-11(7-3)14(16)10(6-2)9(4)13(12)15/h5-8H,2-3H2,1,4H3/b8-5-. The van der Waals surface area contributed by atoms with Crippen LogP contribution in [-0.4, -0.2) is 11.6 Å². The van der Waals surface area contributed by atoms with Crippen LogP contribution in [0.15, 0.2) is 59.8 Å². The molecule has 0 amide bonds. The van der Waals surface area contributed by atoms with Crippen molar-refractivity contribution < 1.29 is 9.59 Å². The molecule has 1 rings (SSSR count). The van der Waals surface area contributed by atoms with Crippen molar-refractivity contribution in [2.75, 3.05) is 0 Å². The fourth-order valence-corrected chi connectivity index (χ4v) is 1.66. The Kier molecular flexibility index (Phi) is 3.56. The molecule has 0 fully saturated rings. The van der Waals surface area contributed by atoms with Crippen molar-refractivity contribution >= 4 is 11.6 Å². The Morgan fingerprint density at radius 3 is 1.94 bits per heavy atom. The molecule has 2 heteroatoms. The van der Waals surface area contributed by atoms with Gasteiger partial charge in [-0.3, -0.25) is 9.59 Å². The van der Waals surface area contributed by atoms with Gasteiger partial charge in [-0.2, -0.15) is 0 Å². The summed E-state index contributed by atoms with van der Waals surface area (Å²) >= 11 is 0.